The van der Waals surface area contributed by atoms with Crippen molar-refractivity contribution in [2.45, 2.75) is 51.4 Å². The van der Waals surface area contributed by atoms with Gasteiger partial charge in [-0.3, -0.25) is 0 Å². The van der Waals surface area contributed by atoms with E-state index in [9.17, 15) is 45.3 Å². The molecule has 0 amide bonds. The number of aliphatic hydroxyl groups is 2. The lowest BCUT2D eigenvalue weighted by Crippen LogP contribution is -2.42. The molecule has 0 saturated heterocycles. The lowest BCUT2D eigenvalue weighted by Gasteiger charge is -2.28. The molecule has 0 saturated carbocycles. The number of hydrogen-bond donors (Lipinski definition) is 2. The summed E-state index contributed by atoms with van der Waals surface area (Å²) in [5.41, 5.74) is -2.04. The van der Waals surface area contributed by atoms with Gasteiger partial charge in [-0.1, -0.05) is 13.8 Å². The number of halogens is 8. The van der Waals surface area contributed by atoms with E-state index in [1.54, 1.807) is 6.92 Å². The highest BCUT2D eigenvalue weighted by molar-refractivity contribution is 4.77. The van der Waals surface area contributed by atoms with Gasteiger partial charge in [0, 0.05) is 24.0 Å². The summed E-state index contributed by atoms with van der Waals surface area (Å²) in [6, 6.07) is 0. The van der Waals surface area contributed by atoms with E-state index in [0.717, 1.165) is 0 Å². The predicted octanol–water partition coefficient (Wildman–Crippen LogP) is 3.98. The van der Waals surface area contributed by atoms with Gasteiger partial charge in [0.1, 0.15) is 6.61 Å². The van der Waals surface area contributed by atoms with Gasteiger partial charge in [0.2, 0.25) is 0 Å². The highest BCUT2D eigenvalue weighted by atomic mass is 19.4. The van der Waals surface area contributed by atoms with Gasteiger partial charge in [-0.25, -0.2) is 0 Å². The molecule has 0 aromatic rings. The van der Waals surface area contributed by atoms with Crippen LogP contribution in [-0.2, 0) is 18.9 Å². The van der Waals surface area contributed by atoms with E-state index in [2.05, 4.69) is 4.74 Å². The number of alkyl halides is 8. The minimum atomic E-state index is -5.73. The number of hydrogen-bond acceptors (Lipinski definition) is 6. The maximum absolute atomic E-state index is 12.9. The first-order valence-electron chi connectivity index (χ1n) is 10.5. The first kappa shape index (κ1) is 33.2. The van der Waals surface area contributed by atoms with Crippen molar-refractivity contribution in [3.63, 3.8) is 0 Å². The quantitative estimate of drug-likeness (QED) is 0.198. The molecule has 0 rings (SSSR count). The summed E-state index contributed by atoms with van der Waals surface area (Å²) in [4.78, 5) is 0. The van der Waals surface area contributed by atoms with Gasteiger partial charge >= 0.3 is 18.3 Å². The molecule has 0 aliphatic rings. The SMILES string of the molecule is CC(CO)(COCCCCOCC(C)(CO)COCC(F)(F)C(F)(F)F)COCCC(F)(F)F. The van der Waals surface area contributed by atoms with Crippen LogP contribution < -0.4 is 0 Å². The smallest absolute Gasteiger partial charge is 0.396 e. The van der Waals surface area contributed by atoms with Gasteiger partial charge in [-0.15, -0.1) is 0 Å². The molecule has 0 radical (unpaired) electrons. The van der Waals surface area contributed by atoms with Gasteiger partial charge in [0.15, 0.2) is 0 Å². The Labute approximate surface area is 193 Å². The van der Waals surface area contributed by atoms with Gasteiger partial charge in [-0.05, 0) is 12.8 Å². The van der Waals surface area contributed by atoms with Crippen LogP contribution in [-0.4, -0.2) is 94.6 Å². The Balaban J connectivity index is 4.04. The molecule has 0 heterocycles. The maximum atomic E-state index is 12.9. The molecule has 0 fully saturated rings. The first-order valence-corrected chi connectivity index (χ1v) is 10.5. The summed E-state index contributed by atoms with van der Waals surface area (Å²) in [7, 11) is 0. The van der Waals surface area contributed by atoms with Crippen LogP contribution in [0.3, 0.4) is 0 Å². The van der Waals surface area contributed by atoms with E-state index in [1.165, 1.54) is 6.92 Å². The lowest BCUT2D eigenvalue weighted by molar-refractivity contribution is -0.298. The molecule has 34 heavy (non-hydrogen) atoms. The molecule has 0 aliphatic carbocycles. The summed E-state index contributed by atoms with van der Waals surface area (Å²) >= 11 is 0. The maximum Gasteiger partial charge on any atom is 0.455 e. The van der Waals surface area contributed by atoms with Gasteiger partial charge < -0.3 is 29.2 Å². The van der Waals surface area contributed by atoms with Gasteiger partial charge in [0.25, 0.3) is 0 Å². The van der Waals surface area contributed by atoms with Crippen molar-refractivity contribution >= 4 is 0 Å². The van der Waals surface area contributed by atoms with Crippen molar-refractivity contribution in [2.75, 3.05) is 66.1 Å². The summed E-state index contributed by atoms with van der Waals surface area (Å²) in [5.74, 6) is -4.99. The van der Waals surface area contributed by atoms with E-state index >= 15 is 0 Å². The van der Waals surface area contributed by atoms with E-state index in [1.807, 2.05) is 0 Å². The van der Waals surface area contributed by atoms with Crippen molar-refractivity contribution in [1.82, 2.24) is 0 Å². The molecular formula is C20H34F8O6. The molecule has 0 bridgehead atoms. The van der Waals surface area contributed by atoms with Crippen molar-refractivity contribution in [1.29, 1.82) is 0 Å². The predicted molar refractivity (Wildman–Crippen MR) is 105 cm³/mol. The molecule has 206 valence electrons. The molecule has 0 spiro atoms. The summed E-state index contributed by atoms with van der Waals surface area (Å²) in [5, 5.41) is 18.8. The zero-order chi connectivity index (χ0) is 26.5. The molecule has 6 nitrogen and oxygen atoms in total. The molecule has 0 aromatic carbocycles. The minimum absolute atomic E-state index is 0.0544. The van der Waals surface area contributed by atoms with Gasteiger partial charge in [-0.2, -0.15) is 35.1 Å². The highest BCUT2D eigenvalue weighted by Gasteiger charge is 2.57. The van der Waals surface area contributed by atoms with Crippen molar-refractivity contribution < 1.29 is 64.3 Å². The Bertz CT molecular complexity index is 546. The molecule has 2 unspecified atom stereocenters. The molecular weight excluding hydrogens is 488 g/mol. The fraction of sp³-hybridized carbons (Fsp3) is 1.00. The monoisotopic (exact) mass is 522 g/mol. The Hall–Kier alpha value is -0.800. The number of ether oxygens (including phenoxy) is 4. The van der Waals surface area contributed by atoms with Crippen LogP contribution in [0.1, 0.15) is 33.1 Å². The fourth-order valence-electron chi connectivity index (χ4n) is 2.33. The summed E-state index contributed by atoms with van der Waals surface area (Å²) < 4.78 is 119. The average Bonchev–Trinajstić information content (AvgIpc) is 2.71. The topological polar surface area (TPSA) is 77.4 Å². The van der Waals surface area contributed by atoms with E-state index < -0.39 is 62.0 Å². The van der Waals surface area contributed by atoms with Crippen molar-refractivity contribution in [3.8, 4) is 0 Å². The van der Waals surface area contributed by atoms with Crippen LogP contribution in [0.2, 0.25) is 0 Å². The third kappa shape index (κ3) is 14.6. The Kier molecular flexibility index (Phi) is 14.3. The van der Waals surface area contributed by atoms with Crippen LogP contribution >= 0.6 is 0 Å². The largest absolute Gasteiger partial charge is 0.455 e. The zero-order valence-electron chi connectivity index (χ0n) is 19.2. The normalized spacial score (nSPS) is 16.9. The van der Waals surface area contributed by atoms with Gasteiger partial charge in [0.05, 0.1) is 52.7 Å². The van der Waals surface area contributed by atoms with Crippen LogP contribution in [0.25, 0.3) is 0 Å². The Morgan fingerprint density at radius 3 is 1.29 bits per heavy atom. The molecule has 14 heteroatoms. The van der Waals surface area contributed by atoms with E-state index in [-0.39, 0.29) is 39.6 Å². The third-order valence-electron chi connectivity index (χ3n) is 4.62. The van der Waals surface area contributed by atoms with Crippen molar-refractivity contribution in [2.24, 2.45) is 10.8 Å². The summed E-state index contributed by atoms with van der Waals surface area (Å²) in [6.07, 6.45) is -10.1. The van der Waals surface area contributed by atoms with Crippen LogP contribution in [0.4, 0.5) is 35.1 Å². The number of rotatable bonds is 19. The lowest BCUT2D eigenvalue weighted by atomic mass is 9.94. The van der Waals surface area contributed by atoms with E-state index in [0.29, 0.717) is 12.8 Å². The second-order valence-electron chi connectivity index (χ2n) is 8.86. The minimum Gasteiger partial charge on any atom is -0.396 e. The Morgan fingerprint density at radius 2 is 0.941 bits per heavy atom. The highest BCUT2D eigenvalue weighted by Crippen LogP contribution is 2.35. The van der Waals surface area contributed by atoms with E-state index in [4.69, 9.17) is 14.2 Å². The van der Waals surface area contributed by atoms with Crippen LogP contribution in [0.5, 0.6) is 0 Å². The number of aliphatic hydroxyl groups excluding tert-OH is 2. The first-order chi connectivity index (χ1) is 15.5. The molecule has 2 N–H and O–H groups in total. The second kappa shape index (κ2) is 14.7. The fourth-order valence-corrected chi connectivity index (χ4v) is 2.33. The zero-order valence-corrected chi connectivity index (χ0v) is 19.2. The number of unbranched alkanes of at least 4 members (excludes halogenated alkanes) is 1. The van der Waals surface area contributed by atoms with Crippen molar-refractivity contribution in [3.05, 3.63) is 0 Å². The standard InChI is InChI=1S/C20H34F8O6/c1-16(9-29,13-33-8-5-19(23,24)25)11-31-6-3-4-7-32-12-17(2,10-30)14-34-15-18(21,22)20(26,27)28/h29-30H,3-15H2,1-2H3. The van der Waals surface area contributed by atoms with Crippen LogP contribution in [0, 0.1) is 10.8 Å². The molecule has 0 aromatic heterocycles. The third-order valence-corrected chi connectivity index (χ3v) is 4.62. The molecule has 0 aliphatic heterocycles. The second-order valence-corrected chi connectivity index (χ2v) is 8.86. The average molecular weight is 522 g/mol. The summed E-state index contributed by atoms with van der Waals surface area (Å²) in [6.45, 7) is -0.578. The van der Waals surface area contributed by atoms with Crippen LogP contribution in [0.15, 0.2) is 0 Å². The Morgan fingerprint density at radius 1 is 0.559 bits per heavy atom. The molecule has 2 atom stereocenters.